The molecule has 0 bridgehead atoms. The van der Waals surface area contributed by atoms with Crippen molar-refractivity contribution in [3.63, 3.8) is 0 Å². The molecule has 0 saturated carbocycles. The van der Waals surface area contributed by atoms with Gasteiger partial charge in [0.2, 0.25) is 0 Å². The molecular weight excluding hydrogens is 373 g/mol. The summed E-state index contributed by atoms with van der Waals surface area (Å²) in [7, 11) is -5.65. The third-order valence-electron chi connectivity index (χ3n) is 4.23. The van der Waals surface area contributed by atoms with Gasteiger partial charge in [-0.2, -0.15) is 13.2 Å². The fourth-order valence-electron chi connectivity index (χ4n) is 2.92. The molecule has 10 heteroatoms. The molecule has 2 aromatic carbocycles. The van der Waals surface area contributed by atoms with Gasteiger partial charge >= 0.3 is 5.51 Å². The molecule has 0 amide bonds. The first-order valence-electron chi connectivity index (χ1n) is 7.53. The molecule has 0 unspecified atom stereocenters. The van der Waals surface area contributed by atoms with Crippen molar-refractivity contribution >= 4 is 21.2 Å². The Morgan fingerprint density at radius 1 is 1.08 bits per heavy atom. The van der Waals surface area contributed by atoms with Gasteiger partial charge in [0, 0.05) is 19.2 Å². The summed E-state index contributed by atoms with van der Waals surface area (Å²) in [6.07, 6.45) is 0.621. The topological polar surface area (TPSA) is 80.5 Å². The van der Waals surface area contributed by atoms with E-state index in [9.17, 15) is 31.7 Å². The number of nitro groups is 1. The van der Waals surface area contributed by atoms with E-state index in [0.29, 0.717) is 25.6 Å². The van der Waals surface area contributed by atoms with E-state index in [2.05, 4.69) is 0 Å². The van der Waals surface area contributed by atoms with Crippen molar-refractivity contribution < 1.29 is 26.5 Å². The van der Waals surface area contributed by atoms with Crippen LogP contribution in [-0.2, 0) is 22.8 Å². The van der Waals surface area contributed by atoms with E-state index in [1.54, 1.807) is 4.90 Å². The fraction of sp³-hybridized carbons (Fsp3) is 0.250. The van der Waals surface area contributed by atoms with Crippen molar-refractivity contribution in [3.05, 3.63) is 63.7 Å². The van der Waals surface area contributed by atoms with Crippen LogP contribution in [0.1, 0.15) is 11.1 Å². The molecule has 6 nitrogen and oxygen atoms in total. The number of benzene rings is 2. The van der Waals surface area contributed by atoms with E-state index in [-0.39, 0.29) is 5.69 Å². The fourth-order valence-corrected chi connectivity index (χ4v) is 3.70. The Kier molecular flexibility index (Phi) is 4.39. The molecule has 0 aromatic heterocycles. The molecule has 0 N–H and O–H groups in total. The van der Waals surface area contributed by atoms with Gasteiger partial charge in [-0.05, 0) is 29.7 Å². The summed E-state index contributed by atoms with van der Waals surface area (Å²) < 4.78 is 61.1. The molecule has 1 heterocycles. The summed E-state index contributed by atoms with van der Waals surface area (Å²) in [6, 6.07) is 9.81. The van der Waals surface area contributed by atoms with E-state index in [4.69, 9.17) is 0 Å². The number of hydrogen-bond acceptors (Lipinski definition) is 5. The van der Waals surface area contributed by atoms with E-state index in [1.807, 2.05) is 24.3 Å². The lowest BCUT2D eigenvalue weighted by molar-refractivity contribution is -0.384. The molecule has 2 aromatic rings. The number of nitrogens with zero attached hydrogens (tertiary/aromatic N) is 2. The Morgan fingerprint density at radius 2 is 1.73 bits per heavy atom. The predicted molar refractivity (Wildman–Crippen MR) is 87.5 cm³/mol. The zero-order chi connectivity index (χ0) is 19.1. The molecule has 138 valence electrons. The second-order valence-electron chi connectivity index (χ2n) is 5.80. The largest absolute Gasteiger partial charge is 0.501 e. The van der Waals surface area contributed by atoms with Crippen molar-refractivity contribution in [1.29, 1.82) is 0 Å². The minimum absolute atomic E-state index is 0.0885. The normalized spacial score (nSPS) is 14.8. The van der Waals surface area contributed by atoms with Crippen molar-refractivity contribution in [2.75, 3.05) is 11.4 Å². The number of hydrogen-bond donors (Lipinski definition) is 0. The molecule has 1 aliphatic rings. The van der Waals surface area contributed by atoms with Crippen LogP contribution in [0.25, 0.3) is 0 Å². The van der Waals surface area contributed by atoms with Gasteiger partial charge in [0.05, 0.1) is 9.82 Å². The van der Waals surface area contributed by atoms with Crippen molar-refractivity contribution in [2.24, 2.45) is 0 Å². The third kappa shape index (κ3) is 3.12. The van der Waals surface area contributed by atoms with Crippen LogP contribution in [0.2, 0.25) is 0 Å². The predicted octanol–water partition coefficient (Wildman–Crippen LogP) is 3.45. The summed E-state index contributed by atoms with van der Waals surface area (Å²) in [6.45, 7) is 0.783. The summed E-state index contributed by atoms with van der Waals surface area (Å²) in [5, 5.41) is 11.3. The maximum Gasteiger partial charge on any atom is 0.501 e. The number of nitro benzene ring substituents is 1. The molecule has 0 spiro atoms. The summed E-state index contributed by atoms with van der Waals surface area (Å²) in [5.74, 6) is 0. The van der Waals surface area contributed by atoms with Gasteiger partial charge in [0.1, 0.15) is 5.69 Å². The smallest absolute Gasteiger partial charge is 0.361 e. The summed E-state index contributed by atoms with van der Waals surface area (Å²) in [5.41, 5.74) is -4.05. The Hall–Kier alpha value is -2.62. The molecule has 0 atom stereocenters. The highest BCUT2D eigenvalue weighted by Crippen LogP contribution is 2.37. The number of halogens is 3. The number of rotatable bonds is 3. The van der Waals surface area contributed by atoms with Crippen LogP contribution in [-0.4, -0.2) is 25.4 Å². The van der Waals surface area contributed by atoms with Gasteiger partial charge in [-0.25, -0.2) is 8.42 Å². The van der Waals surface area contributed by atoms with Crippen LogP contribution in [0.3, 0.4) is 0 Å². The van der Waals surface area contributed by atoms with E-state index in [0.717, 1.165) is 23.3 Å². The molecule has 0 aliphatic carbocycles. The lowest BCUT2D eigenvalue weighted by Gasteiger charge is -2.30. The van der Waals surface area contributed by atoms with Crippen LogP contribution < -0.4 is 4.90 Å². The highest BCUT2D eigenvalue weighted by Gasteiger charge is 2.47. The zero-order valence-corrected chi connectivity index (χ0v) is 14.0. The van der Waals surface area contributed by atoms with Gasteiger partial charge in [0.25, 0.3) is 15.5 Å². The van der Waals surface area contributed by atoms with Gasteiger partial charge in [0.15, 0.2) is 0 Å². The molecule has 0 radical (unpaired) electrons. The van der Waals surface area contributed by atoms with Gasteiger partial charge in [-0.15, -0.1) is 0 Å². The Labute approximate surface area is 146 Å². The molecule has 26 heavy (non-hydrogen) atoms. The third-order valence-corrected chi connectivity index (χ3v) is 5.71. The highest BCUT2D eigenvalue weighted by molar-refractivity contribution is 7.92. The van der Waals surface area contributed by atoms with E-state index in [1.165, 1.54) is 0 Å². The Bertz CT molecular complexity index is 974. The van der Waals surface area contributed by atoms with Crippen LogP contribution in [0.4, 0.5) is 24.5 Å². The molecule has 3 rings (SSSR count). The number of sulfone groups is 1. The second kappa shape index (κ2) is 6.27. The SMILES string of the molecule is O=[N+]([O-])c1cc(S(=O)(=O)C(F)(F)F)ccc1N1CCc2ccccc2C1. The Morgan fingerprint density at radius 3 is 2.35 bits per heavy atom. The second-order valence-corrected chi connectivity index (χ2v) is 7.74. The first-order valence-corrected chi connectivity index (χ1v) is 9.01. The lowest BCUT2D eigenvalue weighted by Crippen LogP contribution is -2.31. The lowest BCUT2D eigenvalue weighted by atomic mass is 9.99. The van der Waals surface area contributed by atoms with E-state index >= 15 is 0 Å². The van der Waals surface area contributed by atoms with Gasteiger partial charge < -0.3 is 4.90 Å². The standard InChI is InChI=1S/C16H13F3N2O4S/c17-16(18,19)26(24,25)13-5-6-14(15(9-13)21(22)23)20-8-7-11-3-1-2-4-12(11)10-20/h1-6,9H,7-8,10H2. The average molecular weight is 386 g/mol. The van der Waals surface area contributed by atoms with E-state index < -0.39 is 30.9 Å². The maximum absolute atomic E-state index is 12.7. The van der Waals surface area contributed by atoms with Crippen LogP contribution in [0.5, 0.6) is 0 Å². The zero-order valence-electron chi connectivity index (χ0n) is 13.2. The average Bonchev–Trinajstić information content (AvgIpc) is 2.59. The first-order chi connectivity index (χ1) is 12.1. The maximum atomic E-state index is 12.7. The monoisotopic (exact) mass is 386 g/mol. The van der Waals surface area contributed by atoms with Crippen LogP contribution in [0.15, 0.2) is 47.4 Å². The molecular formula is C16H13F3N2O4S. The highest BCUT2D eigenvalue weighted by atomic mass is 32.2. The van der Waals surface area contributed by atoms with Crippen molar-refractivity contribution in [1.82, 2.24) is 0 Å². The Balaban J connectivity index is 2.03. The van der Waals surface area contributed by atoms with Crippen LogP contribution in [0, 0.1) is 10.1 Å². The quantitative estimate of drug-likeness (QED) is 0.596. The first kappa shape index (κ1) is 18.2. The van der Waals surface area contributed by atoms with Crippen molar-refractivity contribution in [3.8, 4) is 0 Å². The van der Waals surface area contributed by atoms with Crippen molar-refractivity contribution in [2.45, 2.75) is 23.4 Å². The molecule has 0 fully saturated rings. The minimum Gasteiger partial charge on any atom is -0.361 e. The summed E-state index contributed by atoms with van der Waals surface area (Å²) >= 11 is 0. The number of anilines is 1. The summed E-state index contributed by atoms with van der Waals surface area (Å²) in [4.78, 5) is 11.0. The van der Waals surface area contributed by atoms with Gasteiger partial charge in [-0.3, -0.25) is 10.1 Å². The number of alkyl halides is 3. The van der Waals surface area contributed by atoms with Gasteiger partial charge in [-0.1, -0.05) is 24.3 Å². The molecule has 0 saturated heterocycles. The molecule has 1 aliphatic heterocycles. The minimum atomic E-state index is -5.65. The van der Waals surface area contributed by atoms with Crippen LogP contribution >= 0.6 is 0 Å². The number of fused-ring (bicyclic) bond motifs is 1.